The Morgan fingerprint density at radius 2 is 2.17 bits per heavy atom. The minimum Gasteiger partial charge on any atom is -0.396 e. The summed E-state index contributed by atoms with van der Waals surface area (Å²) in [6.07, 6.45) is 3.10. The first-order chi connectivity index (χ1) is 11.5. The second-order valence-corrected chi connectivity index (χ2v) is 6.43. The molecule has 1 saturated heterocycles. The summed E-state index contributed by atoms with van der Waals surface area (Å²) in [6, 6.07) is 6.44. The number of hydrogen-bond donors (Lipinski definition) is 1. The summed E-state index contributed by atoms with van der Waals surface area (Å²) in [5, 5.41) is 13.5. The molecule has 6 heteroatoms. The van der Waals surface area contributed by atoms with Gasteiger partial charge in [0.25, 0.3) is 5.91 Å². The minimum atomic E-state index is -0.375. The first-order valence-electron chi connectivity index (χ1n) is 8.24. The predicted octanol–water partition coefficient (Wildman–Crippen LogP) is 2.55. The standard InChI is InChI=1S/C18H22FN3O2/c1-12-9-14(11-23)7-8-21(12)18(24)15-10-20-22(13(15)2)17-6-4-3-5-16(17)19/h3-6,10,12,14,23H,7-9,11H2,1-2H3/t12-,14-/m1/s1. The number of aliphatic hydroxyl groups excluding tert-OH is 1. The van der Waals surface area contributed by atoms with Crippen LogP contribution < -0.4 is 0 Å². The van der Waals surface area contributed by atoms with Crippen LogP contribution in [-0.2, 0) is 0 Å². The van der Waals surface area contributed by atoms with E-state index >= 15 is 0 Å². The van der Waals surface area contributed by atoms with Crippen LogP contribution in [0.2, 0.25) is 0 Å². The van der Waals surface area contributed by atoms with E-state index in [9.17, 15) is 14.3 Å². The van der Waals surface area contributed by atoms with Gasteiger partial charge in [-0.15, -0.1) is 0 Å². The molecule has 0 aliphatic carbocycles. The molecule has 1 aliphatic heterocycles. The van der Waals surface area contributed by atoms with Gasteiger partial charge >= 0.3 is 0 Å². The van der Waals surface area contributed by atoms with Crippen LogP contribution in [0.25, 0.3) is 5.69 Å². The highest BCUT2D eigenvalue weighted by atomic mass is 19.1. The van der Waals surface area contributed by atoms with Crippen LogP contribution in [0.3, 0.4) is 0 Å². The van der Waals surface area contributed by atoms with Crippen molar-refractivity contribution in [1.29, 1.82) is 0 Å². The van der Waals surface area contributed by atoms with E-state index in [-0.39, 0.29) is 30.3 Å². The van der Waals surface area contributed by atoms with Crippen molar-refractivity contribution in [2.45, 2.75) is 32.7 Å². The van der Waals surface area contributed by atoms with Crippen LogP contribution in [0.1, 0.15) is 35.8 Å². The Balaban J connectivity index is 1.86. The van der Waals surface area contributed by atoms with E-state index in [1.165, 1.54) is 16.9 Å². The van der Waals surface area contributed by atoms with E-state index in [0.717, 1.165) is 12.8 Å². The molecule has 0 bridgehead atoms. The van der Waals surface area contributed by atoms with Gasteiger partial charge in [0.15, 0.2) is 0 Å². The van der Waals surface area contributed by atoms with E-state index in [0.29, 0.717) is 23.5 Å². The molecule has 128 valence electrons. The average Bonchev–Trinajstić information content (AvgIpc) is 2.96. The number of halogens is 1. The molecular weight excluding hydrogens is 309 g/mol. The number of rotatable bonds is 3. The summed E-state index contributed by atoms with van der Waals surface area (Å²) in [7, 11) is 0. The summed E-state index contributed by atoms with van der Waals surface area (Å²) in [5.74, 6) is -0.204. The number of carbonyl (C=O) groups is 1. The normalized spacial score (nSPS) is 21.1. The Morgan fingerprint density at radius 3 is 2.83 bits per heavy atom. The largest absolute Gasteiger partial charge is 0.396 e. The number of nitrogens with zero attached hydrogens (tertiary/aromatic N) is 3. The van der Waals surface area contributed by atoms with Crippen LogP contribution >= 0.6 is 0 Å². The van der Waals surface area contributed by atoms with Gasteiger partial charge in [0.2, 0.25) is 0 Å². The third-order valence-electron chi connectivity index (χ3n) is 4.82. The molecule has 1 N–H and O–H groups in total. The van der Waals surface area contributed by atoms with Gasteiger partial charge in [-0.2, -0.15) is 5.10 Å². The van der Waals surface area contributed by atoms with Crippen molar-refractivity contribution in [1.82, 2.24) is 14.7 Å². The number of aliphatic hydroxyl groups is 1. The monoisotopic (exact) mass is 331 g/mol. The van der Waals surface area contributed by atoms with E-state index in [2.05, 4.69) is 5.10 Å². The number of carbonyl (C=O) groups excluding carboxylic acids is 1. The van der Waals surface area contributed by atoms with Gasteiger partial charge in [0, 0.05) is 19.2 Å². The first-order valence-corrected chi connectivity index (χ1v) is 8.24. The van der Waals surface area contributed by atoms with Crippen LogP contribution in [0.15, 0.2) is 30.5 Å². The molecule has 3 rings (SSSR count). The Hall–Kier alpha value is -2.21. The van der Waals surface area contributed by atoms with Crippen molar-refractivity contribution in [3.8, 4) is 5.69 Å². The maximum atomic E-state index is 14.0. The maximum Gasteiger partial charge on any atom is 0.257 e. The average molecular weight is 331 g/mol. The molecule has 0 radical (unpaired) electrons. The van der Waals surface area contributed by atoms with Gasteiger partial charge in [-0.3, -0.25) is 4.79 Å². The third kappa shape index (κ3) is 2.94. The summed E-state index contributed by atoms with van der Waals surface area (Å²) in [4.78, 5) is 14.7. The fraction of sp³-hybridized carbons (Fsp3) is 0.444. The summed E-state index contributed by atoms with van der Waals surface area (Å²) < 4.78 is 15.5. The summed E-state index contributed by atoms with van der Waals surface area (Å²) in [6.45, 7) is 4.56. The van der Waals surface area contributed by atoms with Gasteiger partial charge in [0.1, 0.15) is 11.5 Å². The quantitative estimate of drug-likeness (QED) is 0.940. The molecule has 1 aromatic carbocycles. The van der Waals surface area contributed by atoms with Gasteiger partial charge in [-0.05, 0) is 44.7 Å². The van der Waals surface area contributed by atoms with Crippen molar-refractivity contribution < 1.29 is 14.3 Å². The van der Waals surface area contributed by atoms with Crippen LogP contribution in [0.4, 0.5) is 4.39 Å². The molecule has 2 aromatic rings. The molecule has 0 spiro atoms. The number of para-hydroxylation sites is 1. The molecule has 1 aliphatic rings. The predicted molar refractivity (Wildman–Crippen MR) is 88.6 cm³/mol. The highest BCUT2D eigenvalue weighted by molar-refractivity contribution is 5.95. The van der Waals surface area contributed by atoms with Crippen LogP contribution in [0.5, 0.6) is 0 Å². The lowest BCUT2D eigenvalue weighted by Gasteiger charge is -2.37. The zero-order chi connectivity index (χ0) is 17.3. The number of amides is 1. The Labute approximate surface area is 140 Å². The number of piperidine rings is 1. The first kappa shape index (κ1) is 16.6. The van der Waals surface area contributed by atoms with E-state index in [4.69, 9.17) is 0 Å². The number of hydrogen-bond acceptors (Lipinski definition) is 3. The van der Waals surface area contributed by atoms with E-state index in [1.807, 2.05) is 11.8 Å². The molecule has 24 heavy (non-hydrogen) atoms. The fourth-order valence-electron chi connectivity index (χ4n) is 3.38. The van der Waals surface area contributed by atoms with Crippen molar-refractivity contribution >= 4 is 5.91 Å². The minimum absolute atomic E-state index is 0.0691. The SMILES string of the molecule is Cc1c(C(=O)N2CC[C@@H](CO)C[C@H]2C)cnn1-c1ccccc1F. The lowest BCUT2D eigenvalue weighted by atomic mass is 9.92. The summed E-state index contributed by atoms with van der Waals surface area (Å²) >= 11 is 0. The van der Waals surface area contributed by atoms with Gasteiger partial charge in [-0.1, -0.05) is 12.1 Å². The molecule has 0 saturated carbocycles. The molecule has 1 aromatic heterocycles. The number of likely N-dealkylation sites (tertiary alicyclic amines) is 1. The Bertz CT molecular complexity index is 744. The zero-order valence-electron chi connectivity index (χ0n) is 13.9. The molecule has 2 atom stereocenters. The van der Waals surface area contributed by atoms with Gasteiger partial charge in [-0.25, -0.2) is 9.07 Å². The molecule has 0 unspecified atom stereocenters. The molecule has 1 amide bonds. The Kier molecular flexibility index (Phi) is 4.66. The second kappa shape index (κ2) is 6.73. The molecule has 2 heterocycles. The molecular formula is C18H22FN3O2. The van der Waals surface area contributed by atoms with Gasteiger partial charge < -0.3 is 10.0 Å². The van der Waals surface area contributed by atoms with Gasteiger partial charge in [0.05, 0.1) is 17.5 Å². The van der Waals surface area contributed by atoms with E-state index < -0.39 is 0 Å². The zero-order valence-corrected chi connectivity index (χ0v) is 13.9. The topological polar surface area (TPSA) is 58.4 Å². The van der Waals surface area contributed by atoms with Crippen molar-refractivity contribution in [2.24, 2.45) is 5.92 Å². The van der Waals surface area contributed by atoms with Crippen LogP contribution in [-0.4, -0.2) is 44.9 Å². The highest BCUT2D eigenvalue weighted by Crippen LogP contribution is 2.25. The fourth-order valence-corrected chi connectivity index (χ4v) is 3.38. The third-order valence-corrected chi connectivity index (χ3v) is 4.82. The Morgan fingerprint density at radius 1 is 1.42 bits per heavy atom. The summed E-state index contributed by atoms with van der Waals surface area (Å²) in [5.41, 5.74) is 1.45. The van der Waals surface area contributed by atoms with E-state index in [1.54, 1.807) is 25.1 Å². The number of aromatic nitrogens is 2. The second-order valence-electron chi connectivity index (χ2n) is 6.43. The highest BCUT2D eigenvalue weighted by Gasteiger charge is 2.30. The smallest absolute Gasteiger partial charge is 0.257 e. The molecule has 5 nitrogen and oxygen atoms in total. The lowest BCUT2D eigenvalue weighted by Crippen LogP contribution is -2.45. The lowest BCUT2D eigenvalue weighted by molar-refractivity contribution is 0.0514. The van der Waals surface area contributed by atoms with Crippen molar-refractivity contribution in [3.05, 3.63) is 47.5 Å². The molecule has 1 fully saturated rings. The van der Waals surface area contributed by atoms with Crippen molar-refractivity contribution in [2.75, 3.05) is 13.2 Å². The van der Waals surface area contributed by atoms with Crippen molar-refractivity contribution in [3.63, 3.8) is 0 Å². The number of benzene rings is 1. The maximum absolute atomic E-state index is 14.0. The van der Waals surface area contributed by atoms with Crippen LogP contribution in [0, 0.1) is 18.7 Å².